The number of anilines is 2. The standard InChI is InChI=1S/C23H18N2O4S/c1-16(26)25(19-8-3-2-4-9-19)23-24-18(15-30-23)11-12-22(27)28-14-20-13-17-7-5-6-10-21(17)29-20/h2-13,15H,14H2,1H3/b12-11+. The molecule has 7 heteroatoms. The van der Waals surface area contributed by atoms with Gasteiger partial charge in [0.2, 0.25) is 5.91 Å². The van der Waals surface area contributed by atoms with Crippen molar-refractivity contribution in [1.29, 1.82) is 0 Å². The van der Waals surface area contributed by atoms with Crippen molar-refractivity contribution in [3.8, 4) is 0 Å². The Morgan fingerprint density at radius 3 is 2.67 bits per heavy atom. The van der Waals surface area contributed by atoms with E-state index in [4.69, 9.17) is 9.15 Å². The lowest BCUT2D eigenvalue weighted by Gasteiger charge is -2.17. The second kappa shape index (κ2) is 8.75. The molecule has 0 bridgehead atoms. The number of hydrogen-bond donors (Lipinski definition) is 0. The van der Waals surface area contributed by atoms with E-state index >= 15 is 0 Å². The van der Waals surface area contributed by atoms with Gasteiger partial charge >= 0.3 is 5.97 Å². The molecule has 0 N–H and O–H groups in total. The fourth-order valence-electron chi connectivity index (χ4n) is 2.91. The molecule has 150 valence electrons. The first kappa shape index (κ1) is 19.6. The number of esters is 1. The molecule has 2 heterocycles. The number of ether oxygens (including phenoxy) is 1. The van der Waals surface area contributed by atoms with Gasteiger partial charge in [-0.15, -0.1) is 11.3 Å². The lowest BCUT2D eigenvalue weighted by molar-refractivity contribution is -0.139. The highest BCUT2D eigenvalue weighted by molar-refractivity contribution is 7.14. The van der Waals surface area contributed by atoms with Gasteiger partial charge in [0.05, 0.1) is 11.4 Å². The van der Waals surface area contributed by atoms with Crippen LogP contribution < -0.4 is 4.90 Å². The largest absolute Gasteiger partial charge is 0.457 e. The molecule has 6 nitrogen and oxygen atoms in total. The summed E-state index contributed by atoms with van der Waals surface area (Å²) in [5.74, 6) is -0.0679. The minimum absolute atomic E-state index is 0.0479. The van der Waals surface area contributed by atoms with Crippen molar-refractivity contribution in [3.63, 3.8) is 0 Å². The van der Waals surface area contributed by atoms with Crippen molar-refractivity contribution in [2.24, 2.45) is 0 Å². The summed E-state index contributed by atoms with van der Waals surface area (Å²) in [4.78, 5) is 30.1. The number of nitrogens with zero attached hydrogens (tertiary/aromatic N) is 2. The molecule has 0 aliphatic rings. The van der Waals surface area contributed by atoms with Gasteiger partial charge in [-0.25, -0.2) is 9.78 Å². The summed E-state index contributed by atoms with van der Waals surface area (Å²) in [6.07, 6.45) is 2.87. The van der Waals surface area contributed by atoms with E-state index in [1.807, 2.05) is 60.7 Å². The molecule has 0 fully saturated rings. The lowest BCUT2D eigenvalue weighted by Crippen LogP contribution is -2.22. The molecule has 0 radical (unpaired) electrons. The number of para-hydroxylation sites is 2. The molecule has 2 aromatic heterocycles. The fourth-order valence-corrected chi connectivity index (χ4v) is 3.77. The molecule has 0 unspecified atom stereocenters. The Kier molecular flexibility index (Phi) is 5.72. The van der Waals surface area contributed by atoms with Gasteiger partial charge in [0.1, 0.15) is 18.0 Å². The molecule has 2 aromatic carbocycles. The molecule has 0 aliphatic carbocycles. The summed E-state index contributed by atoms with van der Waals surface area (Å²) in [5, 5.41) is 3.27. The molecule has 0 saturated heterocycles. The summed E-state index contributed by atoms with van der Waals surface area (Å²) < 4.78 is 10.9. The Morgan fingerprint density at radius 2 is 1.90 bits per heavy atom. The molecule has 30 heavy (non-hydrogen) atoms. The van der Waals surface area contributed by atoms with Gasteiger partial charge in [-0.3, -0.25) is 9.69 Å². The van der Waals surface area contributed by atoms with Crippen LogP contribution in [0.3, 0.4) is 0 Å². The van der Waals surface area contributed by atoms with Crippen LogP contribution in [0.25, 0.3) is 17.0 Å². The fraction of sp³-hybridized carbons (Fsp3) is 0.0870. The minimum Gasteiger partial charge on any atom is -0.457 e. The van der Waals surface area contributed by atoms with Crippen LogP contribution in [0, 0.1) is 0 Å². The van der Waals surface area contributed by atoms with Crippen LogP contribution in [0.5, 0.6) is 0 Å². The SMILES string of the molecule is CC(=O)N(c1ccccc1)c1nc(/C=C/C(=O)OCc2cc3ccccc3o2)cs1. The number of rotatable bonds is 6. The smallest absolute Gasteiger partial charge is 0.331 e. The highest BCUT2D eigenvalue weighted by atomic mass is 32.1. The third-order valence-electron chi connectivity index (χ3n) is 4.25. The number of aromatic nitrogens is 1. The third kappa shape index (κ3) is 4.47. The topological polar surface area (TPSA) is 72.6 Å². The zero-order valence-electron chi connectivity index (χ0n) is 16.1. The average Bonchev–Trinajstić information content (AvgIpc) is 3.38. The Labute approximate surface area is 177 Å². The Hall–Kier alpha value is -3.71. The van der Waals surface area contributed by atoms with Crippen LogP contribution in [0.2, 0.25) is 0 Å². The van der Waals surface area contributed by atoms with E-state index in [0.717, 1.165) is 16.7 Å². The molecule has 4 rings (SSSR count). The maximum Gasteiger partial charge on any atom is 0.331 e. The van der Waals surface area contributed by atoms with Gasteiger partial charge < -0.3 is 9.15 Å². The number of carbonyl (C=O) groups is 2. The van der Waals surface area contributed by atoms with Gasteiger partial charge in [-0.2, -0.15) is 0 Å². The molecular weight excluding hydrogens is 400 g/mol. The normalized spacial score (nSPS) is 11.1. The molecular formula is C23H18N2O4S. The number of hydrogen-bond acceptors (Lipinski definition) is 6. The molecule has 0 saturated carbocycles. The second-order valence-corrected chi connectivity index (χ2v) is 7.27. The van der Waals surface area contributed by atoms with Crippen LogP contribution in [-0.2, 0) is 20.9 Å². The number of fused-ring (bicyclic) bond motifs is 1. The number of benzene rings is 2. The predicted molar refractivity (Wildman–Crippen MR) is 116 cm³/mol. The van der Waals surface area contributed by atoms with Crippen molar-refractivity contribution in [2.45, 2.75) is 13.5 Å². The second-order valence-electron chi connectivity index (χ2n) is 6.44. The molecule has 0 aliphatic heterocycles. The van der Waals surface area contributed by atoms with Crippen molar-refractivity contribution < 1.29 is 18.7 Å². The van der Waals surface area contributed by atoms with Gasteiger partial charge in [-0.05, 0) is 30.3 Å². The van der Waals surface area contributed by atoms with Crippen LogP contribution in [0.1, 0.15) is 18.4 Å². The first-order valence-corrected chi connectivity index (χ1v) is 10.1. The van der Waals surface area contributed by atoms with E-state index in [9.17, 15) is 9.59 Å². The Bertz CT molecular complexity index is 1180. The zero-order chi connectivity index (χ0) is 20.9. The van der Waals surface area contributed by atoms with Gasteiger partial charge in [0.25, 0.3) is 0 Å². The predicted octanol–water partition coefficient (Wildman–Crippen LogP) is 5.33. The molecule has 4 aromatic rings. The van der Waals surface area contributed by atoms with Crippen molar-refractivity contribution in [2.75, 3.05) is 4.90 Å². The van der Waals surface area contributed by atoms with Crippen LogP contribution >= 0.6 is 11.3 Å². The maximum absolute atomic E-state index is 12.1. The third-order valence-corrected chi connectivity index (χ3v) is 5.10. The van der Waals surface area contributed by atoms with E-state index in [-0.39, 0.29) is 12.5 Å². The number of furan rings is 1. The van der Waals surface area contributed by atoms with Gasteiger partial charge in [0, 0.05) is 23.8 Å². The van der Waals surface area contributed by atoms with Crippen LogP contribution in [0.15, 0.2) is 76.5 Å². The Balaban J connectivity index is 1.40. The molecule has 0 atom stereocenters. The van der Waals surface area contributed by atoms with E-state index in [1.165, 1.54) is 29.2 Å². The summed E-state index contributed by atoms with van der Waals surface area (Å²) in [7, 11) is 0. The van der Waals surface area contributed by atoms with Crippen LogP contribution in [-0.4, -0.2) is 16.9 Å². The van der Waals surface area contributed by atoms with E-state index in [0.29, 0.717) is 16.6 Å². The maximum atomic E-state index is 12.1. The van der Waals surface area contributed by atoms with E-state index in [2.05, 4.69) is 4.98 Å². The summed E-state index contributed by atoms with van der Waals surface area (Å²) in [6.45, 7) is 1.53. The first-order valence-electron chi connectivity index (χ1n) is 9.24. The zero-order valence-corrected chi connectivity index (χ0v) is 17.0. The lowest BCUT2D eigenvalue weighted by atomic mass is 10.2. The van der Waals surface area contributed by atoms with E-state index in [1.54, 1.807) is 11.5 Å². The average molecular weight is 418 g/mol. The van der Waals surface area contributed by atoms with Crippen LogP contribution in [0.4, 0.5) is 10.8 Å². The summed E-state index contributed by atoms with van der Waals surface area (Å²) in [6, 6.07) is 18.7. The quantitative estimate of drug-likeness (QED) is 0.313. The highest BCUT2D eigenvalue weighted by Crippen LogP contribution is 2.29. The Morgan fingerprint density at radius 1 is 1.13 bits per heavy atom. The first-order chi connectivity index (χ1) is 14.6. The molecule has 0 spiro atoms. The monoisotopic (exact) mass is 418 g/mol. The van der Waals surface area contributed by atoms with Crippen molar-refractivity contribution >= 4 is 51.1 Å². The van der Waals surface area contributed by atoms with Crippen molar-refractivity contribution in [1.82, 2.24) is 4.98 Å². The summed E-state index contributed by atoms with van der Waals surface area (Å²) in [5.41, 5.74) is 2.06. The van der Waals surface area contributed by atoms with E-state index < -0.39 is 5.97 Å². The number of thiazole rings is 1. The minimum atomic E-state index is -0.503. The van der Waals surface area contributed by atoms with Gasteiger partial charge in [0.15, 0.2) is 5.13 Å². The van der Waals surface area contributed by atoms with Crippen molar-refractivity contribution in [3.05, 3.63) is 83.6 Å². The molecule has 1 amide bonds. The van der Waals surface area contributed by atoms with Gasteiger partial charge in [-0.1, -0.05) is 36.4 Å². The summed E-state index contributed by atoms with van der Waals surface area (Å²) >= 11 is 1.32. The number of amides is 1. The number of carbonyl (C=O) groups excluding carboxylic acids is 2. The highest BCUT2D eigenvalue weighted by Gasteiger charge is 2.17.